The number of hydrogen-bond donors (Lipinski definition) is 2. The Morgan fingerprint density at radius 3 is 2.52 bits per heavy atom. The van der Waals surface area contributed by atoms with Crippen LogP contribution in [0.25, 0.3) is 11.4 Å². The average Bonchev–Trinajstić information content (AvgIpc) is 3.28. The predicted octanol–water partition coefficient (Wildman–Crippen LogP) is 5.47. The molecular formula is C25H24N4O2. The molecule has 0 fully saturated rings. The number of nitrogens with one attached hydrogen (secondary N) is 2. The van der Waals surface area contributed by atoms with Gasteiger partial charge in [0.15, 0.2) is 0 Å². The first-order valence-corrected chi connectivity index (χ1v) is 10.2. The van der Waals surface area contributed by atoms with Gasteiger partial charge in [0.1, 0.15) is 0 Å². The van der Waals surface area contributed by atoms with Crippen LogP contribution in [0.3, 0.4) is 0 Å². The van der Waals surface area contributed by atoms with Crippen molar-refractivity contribution in [3.05, 3.63) is 95.4 Å². The van der Waals surface area contributed by atoms with Gasteiger partial charge in [0.25, 0.3) is 5.91 Å². The van der Waals surface area contributed by atoms with E-state index < -0.39 is 0 Å². The summed E-state index contributed by atoms with van der Waals surface area (Å²) < 4.78 is 5.39. The zero-order valence-corrected chi connectivity index (χ0v) is 17.6. The van der Waals surface area contributed by atoms with Crippen molar-refractivity contribution < 1.29 is 9.32 Å². The summed E-state index contributed by atoms with van der Waals surface area (Å²) in [6.45, 7) is 4.47. The van der Waals surface area contributed by atoms with E-state index in [1.807, 2.05) is 67.6 Å². The highest BCUT2D eigenvalue weighted by molar-refractivity contribution is 6.04. The lowest BCUT2D eigenvalue weighted by Gasteiger charge is -2.10. The number of anilines is 2. The summed E-state index contributed by atoms with van der Waals surface area (Å²) in [5.74, 6) is 0.880. The van der Waals surface area contributed by atoms with E-state index in [0.29, 0.717) is 23.8 Å². The maximum absolute atomic E-state index is 12.6. The van der Waals surface area contributed by atoms with Crippen LogP contribution in [0.5, 0.6) is 0 Å². The second-order valence-corrected chi connectivity index (χ2v) is 7.27. The van der Waals surface area contributed by atoms with Crippen LogP contribution in [-0.2, 0) is 13.0 Å². The van der Waals surface area contributed by atoms with E-state index in [2.05, 4.69) is 39.8 Å². The van der Waals surface area contributed by atoms with Crippen molar-refractivity contribution >= 4 is 17.3 Å². The van der Waals surface area contributed by atoms with Crippen LogP contribution in [-0.4, -0.2) is 16.0 Å². The van der Waals surface area contributed by atoms with Gasteiger partial charge in [-0.25, -0.2) is 0 Å². The van der Waals surface area contributed by atoms with Crippen LogP contribution in [0, 0.1) is 6.92 Å². The van der Waals surface area contributed by atoms with E-state index in [0.717, 1.165) is 28.9 Å². The molecule has 0 saturated heterocycles. The zero-order chi connectivity index (χ0) is 21.6. The van der Waals surface area contributed by atoms with Gasteiger partial charge in [-0.15, -0.1) is 0 Å². The minimum Gasteiger partial charge on any atom is -0.376 e. The number of nitrogens with zero attached hydrogens (tertiary/aromatic N) is 2. The molecule has 4 aromatic rings. The van der Waals surface area contributed by atoms with Gasteiger partial charge < -0.3 is 15.2 Å². The second kappa shape index (κ2) is 9.26. The first-order chi connectivity index (χ1) is 15.1. The summed E-state index contributed by atoms with van der Waals surface area (Å²) in [6.07, 6.45) is 0.990. The Morgan fingerprint density at radius 1 is 1.00 bits per heavy atom. The van der Waals surface area contributed by atoms with E-state index in [1.165, 1.54) is 5.56 Å². The summed E-state index contributed by atoms with van der Waals surface area (Å²) in [7, 11) is 0. The molecule has 0 aliphatic carbocycles. The van der Waals surface area contributed by atoms with Crippen molar-refractivity contribution in [1.82, 2.24) is 10.1 Å². The summed E-state index contributed by atoms with van der Waals surface area (Å²) in [6, 6.07) is 23.1. The fourth-order valence-corrected chi connectivity index (χ4v) is 3.18. The third kappa shape index (κ3) is 4.98. The second-order valence-electron chi connectivity index (χ2n) is 7.27. The summed E-state index contributed by atoms with van der Waals surface area (Å²) in [5, 5.41) is 10.3. The van der Waals surface area contributed by atoms with Gasteiger partial charge >= 0.3 is 0 Å². The molecule has 1 aromatic heterocycles. The Morgan fingerprint density at radius 2 is 1.77 bits per heavy atom. The molecule has 31 heavy (non-hydrogen) atoms. The molecule has 6 heteroatoms. The molecule has 4 rings (SSSR count). The molecule has 0 radical (unpaired) electrons. The first-order valence-electron chi connectivity index (χ1n) is 10.2. The maximum Gasteiger partial charge on any atom is 0.255 e. The molecule has 0 saturated carbocycles. The number of aryl methyl sites for hydroxylation is 2. The Kier molecular flexibility index (Phi) is 6.08. The SMILES string of the molecule is CCc1ccc(-c2noc(CNc3cc(C(=O)Nc4ccccc4)ccc3C)n2)cc1. The average molecular weight is 412 g/mol. The third-order valence-corrected chi connectivity index (χ3v) is 5.05. The number of amides is 1. The Balaban J connectivity index is 1.43. The normalized spacial score (nSPS) is 10.6. The molecule has 3 aromatic carbocycles. The smallest absolute Gasteiger partial charge is 0.255 e. The van der Waals surface area contributed by atoms with Crippen molar-refractivity contribution in [1.29, 1.82) is 0 Å². The van der Waals surface area contributed by atoms with E-state index in [-0.39, 0.29) is 5.91 Å². The van der Waals surface area contributed by atoms with Crippen LogP contribution in [0.4, 0.5) is 11.4 Å². The monoisotopic (exact) mass is 412 g/mol. The highest BCUT2D eigenvalue weighted by Gasteiger charge is 2.11. The van der Waals surface area contributed by atoms with Crippen LogP contribution < -0.4 is 10.6 Å². The Bertz CT molecular complexity index is 1170. The van der Waals surface area contributed by atoms with E-state index >= 15 is 0 Å². The molecule has 0 bridgehead atoms. The molecule has 1 heterocycles. The lowest BCUT2D eigenvalue weighted by molar-refractivity contribution is 0.102. The fraction of sp³-hybridized carbons (Fsp3) is 0.160. The van der Waals surface area contributed by atoms with Gasteiger partial charge in [-0.1, -0.05) is 60.6 Å². The van der Waals surface area contributed by atoms with Crippen molar-refractivity contribution in [3.63, 3.8) is 0 Å². The zero-order valence-electron chi connectivity index (χ0n) is 17.6. The van der Waals surface area contributed by atoms with Gasteiger partial charge in [-0.2, -0.15) is 4.98 Å². The van der Waals surface area contributed by atoms with Gasteiger partial charge in [-0.3, -0.25) is 4.79 Å². The molecule has 6 nitrogen and oxygen atoms in total. The molecule has 0 aliphatic rings. The minimum atomic E-state index is -0.162. The number of rotatable bonds is 7. The Hall–Kier alpha value is -3.93. The highest BCUT2D eigenvalue weighted by Crippen LogP contribution is 2.21. The molecule has 0 spiro atoms. The topological polar surface area (TPSA) is 80.0 Å². The van der Waals surface area contributed by atoms with Crippen LogP contribution in [0.2, 0.25) is 0 Å². The molecule has 1 amide bonds. The number of para-hydroxylation sites is 1. The largest absolute Gasteiger partial charge is 0.376 e. The standard InChI is InChI=1S/C25H24N4O2/c1-3-18-10-13-19(14-11-18)24-28-23(31-29-24)16-26-22-15-20(12-9-17(22)2)25(30)27-21-7-5-4-6-8-21/h4-15,26H,3,16H2,1-2H3,(H,27,30). The predicted molar refractivity (Wildman–Crippen MR) is 122 cm³/mol. The molecule has 2 N–H and O–H groups in total. The van der Waals surface area contributed by atoms with E-state index in [9.17, 15) is 4.79 Å². The Labute approximate surface area is 181 Å². The van der Waals surface area contributed by atoms with Crippen LogP contribution in [0.15, 0.2) is 77.3 Å². The molecule has 0 unspecified atom stereocenters. The van der Waals surface area contributed by atoms with Crippen molar-refractivity contribution in [2.24, 2.45) is 0 Å². The van der Waals surface area contributed by atoms with Crippen molar-refractivity contribution in [3.8, 4) is 11.4 Å². The van der Waals surface area contributed by atoms with E-state index in [4.69, 9.17) is 4.52 Å². The summed E-state index contributed by atoms with van der Waals surface area (Å²) >= 11 is 0. The number of hydrogen-bond acceptors (Lipinski definition) is 5. The number of carbonyl (C=O) groups is 1. The highest BCUT2D eigenvalue weighted by atomic mass is 16.5. The lowest BCUT2D eigenvalue weighted by atomic mass is 10.1. The third-order valence-electron chi connectivity index (χ3n) is 5.05. The van der Waals surface area contributed by atoms with Crippen molar-refractivity contribution in [2.75, 3.05) is 10.6 Å². The fourth-order valence-electron chi connectivity index (χ4n) is 3.18. The van der Waals surface area contributed by atoms with Crippen LogP contribution in [0.1, 0.15) is 34.3 Å². The van der Waals surface area contributed by atoms with Gasteiger partial charge in [0.05, 0.1) is 6.54 Å². The number of aromatic nitrogens is 2. The van der Waals surface area contributed by atoms with Gasteiger partial charge in [0.2, 0.25) is 11.7 Å². The quantitative estimate of drug-likeness (QED) is 0.421. The minimum absolute atomic E-state index is 0.162. The van der Waals surface area contributed by atoms with E-state index in [1.54, 1.807) is 0 Å². The molecule has 0 atom stereocenters. The van der Waals surface area contributed by atoms with Crippen molar-refractivity contribution in [2.45, 2.75) is 26.8 Å². The summed E-state index contributed by atoms with van der Waals surface area (Å²) in [4.78, 5) is 17.1. The number of carbonyl (C=O) groups excluding carboxylic acids is 1. The molecule has 156 valence electrons. The maximum atomic E-state index is 12.6. The first kappa shape index (κ1) is 20.3. The van der Waals surface area contributed by atoms with Gasteiger partial charge in [-0.05, 0) is 48.7 Å². The summed E-state index contributed by atoms with van der Waals surface area (Å²) in [5.41, 5.74) is 5.37. The van der Waals surface area contributed by atoms with Gasteiger partial charge in [0, 0.05) is 22.5 Å². The van der Waals surface area contributed by atoms with Crippen LogP contribution >= 0.6 is 0 Å². The molecular weight excluding hydrogens is 388 g/mol. The molecule has 0 aliphatic heterocycles. The number of benzene rings is 3. The lowest BCUT2D eigenvalue weighted by Crippen LogP contribution is -2.12.